The summed E-state index contributed by atoms with van der Waals surface area (Å²) in [7, 11) is 0. The number of fused-ring (bicyclic) bond motifs is 8. The average Bonchev–Trinajstić information content (AvgIpc) is 3.38. The molecule has 0 aliphatic carbocycles. The Bertz CT molecular complexity index is 3110. The highest BCUT2D eigenvalue weighted by atomic mass is 16.5. The number of nitrogens with zero attached hydrogens (tertiary/aromatic N) is 2. The van der Waals surface area contributed by atoms with Crippen LogP contribution in [0.4, 0.5) is 34.1 Å². The van der Waals surface area contributed by atoms with Crippen LogP contribution in [0.15, 0.2) is 255 Å². The van der Waals surface area contributed by atoms with E-state index in [0.717, 1.165) is 90.5 Å². The summed E-state index contributed by atoms with van der Waals surface area (Å²) in [5.41, 5.74) is 14.2. The number of hydrogen-bond donors (Lipinski definition) is 0. The van der Waals surface area contributed by atoms with Gasteiger partial charge in [0.25, 0.3) is 0 Å². The topological polar surface area (TPSA) is 24.9 Å². The molecule has 2 aliphatic rings. The van der Waals surface area contributed by atoms with Crippen LogP contribution in [-0.4, -0.2) is 0 Å². The molecular weight excluding hydrogens is 793 g/mol. The summed E-state index contributed by atoms with van der Waals surface area (Å²) in [5, 5.41) is 0. The van der Waals surface area contributed by atoms with Crippen molar-refractivity contribution >= 4 is 34.1 Å². The number of hydrogen-bond acceptors (Lipinski definition) is 4. The van der Waals surface area contributed by atoms with E-state index < -0.39 is 5.41 Å². The maximum Gasteiger partial charge on any atom is 0.132 e. The van der Waals surface area contributed by atoms with Gasteiger partial charge in [0, 0.05) is 56.4 Å². The predicted octanol–water partition coefficient (Wildman–Crippen LogP) is 16.6. The lowest BCUT2D eigenvalue weighted by Gasteiger charge is -2.45. The van der Waals surface area contributed by atoms with Crippen molar-refractivity contribution in [2.75, 3.05) is 9.80 Å². The first-order valence-corrected chi connectivity index (χ1v) is 22.1. The van der Waals surface area contributed by atoms with E-state index in [2.05, 4.69) is 265 Å². The van der Waals surface area contributed by atoms with Crippen molar-refractivity contribution in [2.24, 2.45) is 0 Å². The Morgan fingerprint density at radius 2 is 0.554 bits per heavy atom. The molecular formula is C61H42N2O2. The van der Waals surface area contributed by atoms with E-state index in [1.807, 2.05) is 0 Å². The number of benzene rings is 10. The Balaban J connectivity index is 1.11. The highest BCUT2D eigenvalue weighted by molar-refractivity contribution is 5.86. The maximum atomic E-state index is 7.10. The van der Waals surface area contributed by atoms with Gasteiger partial charge in [-0.3, -0.25) is 0 Å². The van der Waals surface area contributed by atoms with Crippen molar-refractivity contribution in [3.05, 3.63) is 277 Å². The van der Waals surface area contributed by atoms with Gasteiger partial charge in [0.2, 0.25) is 0 Å². The van der Waals surface area contributed by atoms with Gasteiger partial charge >= 0.3 is 0 Å². The summed E-state index contributed by atoms with van der Waals surface area (Å²) in [6, 6.07) is 90.3. The fourth-order valence-corrected chi connectivity index (χ4v) is 9.88. The number of rotatable bonds is 8. The van der Waals surface area contributed by atoms with Crippen LogP contribution in [0, 0.1) is 0 Å². The van der Waals surface area contributed by atoms with E-state index >= 15 is 0 Å². The standard InChI is InChI=1S/C61H42N2O2/c1-5-19-43(20-6-1)45-23-17-29-49(39-45)62(47-25-9-3-10-26-47)51-35-37-59-55(41-51)61(53-31-13-15-33-57(53)64-58-34-16-14-32-54(58)61)56-42-52(36-38-60(56)65-59)63(48-27-11-4-12-28-48)50-30-18-24-46(40-50)44-21-7-2-8-22-44/h1-42H. The lowest BCUT2D eigenvalue weighted by Crippen LogP contribution is -2.37. The van der Waals surface area contributed by atoms with E-state index in [1.54, 1.807) is 0 Å². The van der Waals surface area contributed by atoms with Crippen molar-refractivity contribution in [1.82, 2.24) is 0 Å². The lowest BCUT2D eigenvalue weighted by molar-refractivity contribution is 0.399. The molecule has 2 heterocycles. The normalized spacial score (nSPS) is 12.7. The van der Waals surface area contributed by atoms with Crippen molar-refractivity contribution in [3.63, 3.8) is 0 Å². The molecule has 0 N–H and O–H groups in total. The predicted molar refractivity (Wildman–Crippen MR) is 265 cm³/mol. The lowest BCUT2D eigenvalue weighted by atomic mass is 9.62. The van der Waals surface area contributed by atoms with Crippen molar-refractivity contribution < 1.29 is 9.47 Å². The molecule has 0 atom stereocenters. The highest BCUT2D eigenvalue weighted by Gasteiger charge is 2.51. The second-order valence-corrected chi connectivity index (χ2v) is 16.5. The summed E-state index contributed by atoms with van der Waals surface area (Å²) < 4.78 is 13.9. The van der Waals surface area contributed by atoms with Crippen LogP contribution in [0.3, 0.4) is 0 Å². The fraction of sp³-hybridized carbons (Fsp3) is 0.0164. The molecule has 308 valence electrons. The molecule has 10 aromatic carbocycles. The molecule has 1 spiro atoms. The minimum atomic E-state index is -0.844. The van der Waals surface area contributed by atoms with Crippen LogP contribution >= 0.6 is 0 Å². The molecule has 0 saturated carbocycles. The molecule has 10 aromatic rings. The molecule has 0 aromatic heterocycles. The zero-order valence-corrected chi connectivity index (χ0v) is 35.5. The van der Waals surface area contributed by atoms with Gasteiger partial charge in [0.05, 0.1) is 5.41 Å². The molecule has 0 saturated heterocycles. The summed E-state index contributed by atoms with van der Waals surface area (Å²) in [6.07, 6.45) is 0. The second-order valence-electron chi connectivity index (χ2n) is 16.5. The van der Waals surface area contributed by atoms with E-state index in [1.165, 1.54) is 11.1 Å². The Morgan fingerprint density at radius 1 is 0.231 bits per heavy atom. The third-order valence-electron chi connectivity index (χ3n) is 12.7. The van der Waals surface area contributed by atoms with Gasteiger partial charge in [-0.1, -0.05) is 158 Å². The quantitative estimate of drug-likeness (QED) is 0.152. The molecule has 4 heteroatoms. The molecule has 0 unspecified atom stereocenters. The average molecular weight is 835 g/mol. The first-order chi connectivity index (χ1) is 32.2. The molecule has 12 rings (SSSR count). The van der Waals surface area contributed by atoms with Gasteiger partial charge < -0.3 is 19.3 Å². The van der Waals surface area contributed by atoms with Crippen molar-refractivity contribution in [1.29, 1.82) is 0 Å². The van der Waals surface area contributed by atoms with Gasteiger partial charge in [-0.25, -0.2) is 0 Å². The van der Waals surface area contributed by atoms with E-state index in [4.69, 9.17) is 9.47 Å². The van der Waals surface area contributed by atoms with Gasteiger partial charge in [0.15, 0.2) is 0 Å². The van der Waals surface area contributed by atoms with Crippen LogP contribution in [0.1, 0.15) is 22.3 Å². The Kier molecular flexibility index (Phi) is 9.35. The Morgan fingerprint density at radius 3 is 0.985 bits per heavy atom. The molecule has 0 amide bonds. The van der Waals surface area contributed by atoms with Crippen molar-refractivity contribution in [3.8, 4) is 45.3 Å². The van der Waals surface area contributed by atoms with Crippen LogP contribution in [0.5, 0.6) is 23.0 Å². The van der Waals surface area contributed by atoms with Crippen molar-refractivity contribution in [2.45, 2.75) is 5.41 Å². The fourth-order valence-electron chi connectivity index (χ4n) is 9.88. The van der Waals surface area contributed by atoms with Crippen LogP contribution < -0.4 is 19.3 Å². The van der Waals surface area contributed by atoms with E-state index in [0.29, 0.717) is 0 Å². The summed E-state index contributed by atoms with van der Waals surface area (Å²) in [4.78, 5) is 4.70. The summed E-state index contributed by atoms with van der Waals surface area (Å²) in [6.45, 7) is 0. The monoisotopic (exact) mass is 834 g/mol. The molecule has 0 bridgehead atoms. The molecule has 0 radical (unpaired) electrons. The van der Waals surface area contributed by atoms with Crippen LogP contribution in [0.25, 0.3) is 22.3 Å². The summed E-state index contributed by atoms with van der Waals surface area (Å²) >= 11 is 0. The van der Waals surface area contributed by atoms with Crippen LogP contribution in [0.2, 0.25) is 0 Å². The number of ether oxygens (including phenoxy) is 2. The van der Waals surface area contributed by atoms with E-state index in [9.17, 15) is 0 Å². The number of anilines is 6. The second kappa shape index (κ2) is 15.9. The summed E-state index contributed by atoms with van der Waals surface area (Å²) in [5.74, 6) is 3.21. The largest absolute Gasteiger partial charge is 0.457 e. The minimum Gasteiger partial charge on any atom is -0.457 e. The van der Waals surface area contributed by atoms with Gasteiger partial charge in [-0.15, -0.1) is 0 Å². The third kappa shape index (κ3) is 6.54. The molecule has 2 aliphatic heterocycles. The van der Waals surface area contributed by atoms with Gasteiger partial charge in [-0.2, -0.15) is 0 Å². The van der Waals surface area contributed by atoms with Gasteiger partial charge in [0.1, 0.15) is 23.0 Å². The van der Waals surface area contributed by atoms with E-state index in [-0.39, 0.29) is 0 Å². The SMILES string of the molecule is c1ccc(-c2cccc(N(c3ccccc3)c3ccc4c(c3)C3(c5ccccc5Oc5ccccc53)c3cc(N(c5ccccc5)c5cccc(-c6ccccc6)c5)ccc3O4)c2)cc1. The Labute approximate surface area is 379 Å². The smallest absolute Gasteiger partial charge is 0.132 e. The Hall–Kier alpha value is -8.60. The van der Waals surface area contributed by atoms with Gasteiger partial charge in [-0.05, 0) is 119 Å². The zero-order chi connectivity index (χ0) is 43.2. The number of para-hydroxylation sites is 4. The molecule has 0 fully saturated rings. The molecule has 65 heavy (non-hydrogen) atoms. The first-order valence-electron chi connectivity index (χ1n) is 22.1. The minimum absolute atomic E-state index is 0.794. The van der Waals surface area contributed by atoms with Crippen LogP contribution in [-0.2, 0) is 5.41 Å². The first kappa shape index (κ1) is 38.1. The zero-order valence-electron chi connectivity index (χ0n) is 35.5. The highest BCUT2D eigenvalue weighted by Crippen LogP contribution is 2.62. The maximum absolute atomic E-state index is 7.10. The molecule has 4 nitrogen and oxygen atoms in total. The third-order valence-corrected chi connectivity index (χ3v) is 12.7.